The van der Waals surface area contributed by atoms with E-state index in [1.54, 1.807) is 0 Å². The molecule has 1 nitrogen and oxygen atoms in total. The standard InChI is InChI=1S/C9H17FO/c1-7-2-3-9(11)8(6-7)4-5-10/h7-9,11H,2-6H2,1H3. The van der Waals surface area contributed by atoms with Crippen molar-refractivity contribution in [3.05, 3.63) is 0 Å². The van der Waals surface area contributed by atoms with Crippen LogP contribution in [0.3, 0.4) is 0 Å². The minimum atomic E-state index is -0.283. The van der Waals surface area contributed by atoms with E-state index >= 15 is 0 Å². The summed E-state index contributed by atoms with van der Waals surface area (Å²) in [5.74, 6) is 0.902. The molecule has 1 N–H and O–H groups in total. The molecule has 0 radical (unpaired) electrons. The molecule has 66 valence electrons. The molecule has 1 saturated carbocycles. The number of hydrogen-bond donors (Lipinski definition) is 1. The molecule has 0 aromatic carbocycles. The summed E-state index contributed by atoms with van der Waals surface area (Å²) in [5, 5.41) is 9.45. The van der Waals surface area contributed by atoms with E-state index < -0.39 is 0 Å². The van der Waals surface area contributed by atoms with Gasteiger partial charge in [-0.05, 0) is 37.5 Å². The highest BCUT2D eigenvalue weighted by Gasteiger charge is 2.26. The lowest BCUT2D eigenvalue weighted by Gasteiger charge is -2.30. The summed E-state index contributed by atoms with van der Waals surface area (Å²) in [6.45, 7) is 1.89. The first kappa shape index (κ1) is 8.98. The van der Waals surface area contributed by atoms with E-state index in [1.165, 1.54) is 0 Å². The zero-order chi connectivity index (χ0) is 8.27. The number of rotatable bonds is 2. The molecular formula is C9H17FO. The minimum Gasteiger partial charge on any atom is -0.393 e. The SMILES string of the molecule is CC1CCC(O)C(CCF)C1. The van der Waals surface area contributed by atoms with Gasteiger partial charge in [-0.25, -0.2) is 0 Å². The molecule has 0 aromatic heterocycles. The maximum atomic E-state index is 12.0. The minimum absolute atomic E-state index is 0.226. The van der Waals surface area contributed by atoms with Crippen molar-refractivity contribution < 1.29 is 9.50 Å². The third-order valence-electron chi connectivity index (χ3n) is 2.68. The Hall–Kier alpha value is -0.110. The van der Waals surface area contributed by atoms with Gasteiger partial charge in [0.05, 0.1) is 12.8 Å². The van der Waals surface area contributed by atoms with Crippen LogP contribution in [0.5, 0.6) is 0 Å². The quantitative estimate of drug-likeness (QED) is 0.656. The third-order valence-corrected chi connectivity index (χ3v) is 2.68. The van der Waals surface area contributed by atoms with Crippen LogP contribution in [0.15, 0.2) is 0 Å². The van der Waals surface area contributed by atoms with Gasteiger partial charge in [-0.3, -0.25) is 4.39 Å². The van der Waals surface area contributed by atoms with Crippen molar-refractivity contribution in [3.8, 4) is 0 Å². The maximum absolute atomic E-state index is 12.0. The highest BCUT2D eigenvalue weighted by atomic mass is 19.1. The average Bonchev–Trinajstić information content (AvgIpc) is 1.98. The number of halogens is 1. The molecule has 1 aliphatic carbocycles. The molecule has 3 atom stereocenters. The molecule has 0 saturated heterocycles. The van der Waals surface area contributed by atoms with Crippen LogP contribution in [0.1, 0.15) is 32.6 Å². The van der Waals surface area contributed by atoms with Gasteiger partial charge in [0.25, 0.3) is 0 Å². The topological polar surface area (TPSA) is 20.2 Å². The fraction of sp³-hybridized carbons (Fsp3) is 1.00. The second-order valence-electron chi connectivity index (χ2n) is 3.72. The maximum Gasteiger partial charge on any atom is 0.0898 e. The van der Waals surface area contributed by atoms with Gasteiger partial charge in [0.15, 0.2) is 0 Å². The van der Waals surface area contributed by atoms with Crippen molar-refractivity contribution in [2.75, 3.05) is 6.67 Å². The van der Waals surface area contributed by atoms with E-state index in [1.807, 2.05) is 0 Å². The number of alkyl halides is 1. The molecule has 11 heavy (non-hydrogen) atoms. The zero-order valence-corrected chi connectivity index (χ0v) is 7.09. The molecule has 1 aliphatic rings. The lowest BCUT2D eigenvalue weighted by molar-refractivity contribution is 0.0440. The Morgan fingerprint density at radius 3 is 2.82 bits per heavy atom. The van der Waals surface area contributed by atoms with Gasteiger partial charge in [0.1, 0.15) is 0 Å². The van der Waals surface area contributed by atoms with E-state index in [-0.39, 0.29) is 18.7 Å². The van der Waals surface area contributed by atoms with Crippen LogP contribution < -0.4 is 0 Å². The highest BCUT2D eigenvalue weighted by molar-refractivity contribution is 4.77. The number of aliphatic hydroxyl groups is 1. The van der Waals surface area contributed by atoms with Crippen molar-refractivity contribution in [1.29, 1.82) is 0 Å². The Balaban J connectivity index is 2.34. The van der Waals surface area contributed by atoms with Gasteiger partial charge in [-0.15, -0.1) is 0 Å². The van der Waals surface area contributed by atoms with Gasteiger partial charge in [-0.2, -0.15) is 0 Å². The van der Waals surface area contributed by atoms with Gasteiger partial charge in [0.2, 0.25) is 0 Å². The molecule has 2 heteroatoms. The second kappa shape index (κ2) is 4.05. The Kier molecular flexibility index (Phi) is 3.31. The molecule has 0 heterocycles. The van der Waals surface area contributed by atoms with Crippen LogP contribution in [0.25, 0.3) is 0 Å². The van der Waals surface area contributed by atoms with Gasteiger partial charge in [-0.1, -0.05) is 6.92 Å². The lowest BCUT2D eigenvalue weighted by atomic mass is 9.79. The molecule has 0 bridgehead atoms. The highest BCUT2D eigenvalue weighted by Crippen LogP contribution is 2.30. The lowest BCUT2D eigenvalue weighted by Crippen LogP contribution is -2.28. The molecule has 3 unspecified atom stereocenters. The zero-order valence-electron chi connectivity index (χ0n) is 7.09. The summed E-state index contributed by atoms with van der Waals surface area (Å²) in [7, 11) is 0. The Morgan fingerprint density at radius 1 is 1.45 bits per heavy atom. The monoisotopic (exact) mass is 160 g/mol. The van der Waals surface area contributed by atoms with Crippen LogP contribution >= 0.6 is 0 Å². The largest absolute Gasteiger partial charge is 0.393 e. The summed E-state index contributed by atoms with van der Waals surface area (Å²) in [6, 6.07) is 0. The number of aliphatic hydroxyl groups excluding tert-OH is 1. The predicted octanol–water partition coefficient (Wildman–Crippen LogP) is 2.14. The van der Waals surface area contributed by atoms with Crippen molar-refractivity contribution in [1.82, 2.24) is 0 Å². The predicted molar refractivity (Wildman–Crippen MR) is 43.1 cm³/mol. The molecule has 0 aliphatic heterocycles. The van der Waals surface area contributed by atoms with E-state index in [2.05, 4.69) is 6.92 Å². The summed E-state index contributed by atoms with van der Waals surface area (Å²) < 4.78 is 12.0. The first-order chi connectivity index (χ1) is 5.24. The average molecular weight is 160 g/mol. The molecule has 0 aromatic rings. The Bertz CT molecular complexity index is 116. The Labute approximate surface area is 67.6 Å². The molecule has 0 spiro atoms. The van der Waals surface area contributed by atoms with E-state index in [4.69, 9.17) is 0 Å². The normalized spacial score (nSPS) is 39.0. The first-order valence-corrected chi connectivity index (χ1v) is 4.48. The van der Waals surface area contributed by atoms with Gasteiger partial charge < -0.3 is 5.11 Å². The second-order valence-corrected chi connectivity index (χ2v) is 3.72. The fourth-order valence-corrected chi connectivity index (χ4v) is 1.93. The fourth-order valence-electron chi connectivity index (χ4n) is 1.93. The summed E-state index contributed by atoms with van der Waals surface area (Å²) in [5.41, 5.74) is 0. The summed E-state index contributed by atoms with van der Waals surface area (Å²) >= 11 is 0. The van der Waals surface area contributed by atoms with Crippen molar-refractivity contribution in [3.63, 3.8) is 0 Å². The smallest absolute Gasteiger partial charge is 0.0898 e. The van der Waals surface area contributed by atoms with Gasteiger partial charge in [0, 0.05) is 0 Å². The van der Waals surface area contributed by atoms with E-state index in [0.29, 0.717) is 12.3 Å². The van der Waals surface area contributed by atoms with Crippen LogP contribution in [-0.2, 0) is 0 Å². The van der Waals surface area contributed by atoms with Crippen molar-refractivity contribution in [2.45, 2.75) is 38.7 Å². The van der Waals surface area contributed by atoms with E-state index in [0.717, 1.165) is 19.3 Å². The third kappa shape index (κ3) is 2.44. The summed E-state index contributed by atoms with van der Waals surface area (Å²) in [4.78, 5) is 0. The number of hydrogen-bond acceptors (Lipinski definition) is 1. The van der Waals surface area contributed by atoms with Crippen LogP contribution in [0, 0.1) is 11.8 Å². The van der Waals surface area contributed by atoms with Gasteiger partial charge >= 0.3 is 0 Å². The van der Waals surface area contributed by atoms with Crippen LogP contribution in [0.4, 0.5) is 4.39 Å². The Morgan fingerprint density at radius 2 is 2.18 bits per heavy atom. The van der Waals surface area contributed by atoms with Crippen LogP contribution in [-0.4, -0.2) is 17.9 Å². The van der Waals surface area contributed by atoms with Crippen molar-refractivity contribution >= 4 is 0 Å². The van der Waals surface area contributed by atoms with Crippen LogP contribution in [0.2, 0.25) is 0 Å². The molecule has 0 amide bonds. The summed E-state index contributed by atoms with van der Waals surface area (Å²) in [6.07, 6.45) is 3.29. The molecular weight excluding hydrogens is 143 g/mol. The van der Waals surface area contributed by atoms with Crippen molar-refractivity contribution in [2.24, 2.45) is 11.8 Å². The van der Waals surface area contributed by atoms with E-state index in [9.17, 15) is 9.50 Å². The first-order valence-electron chi connectivity index (χ1n) is 4.48. The molecule has 1 rings (SSSR count). The molecule has 1 fully saturated rings.